The van der Waals surface area contributed by atoms with Crippen LogP contribution in [0.15, 0.2) is 46.9 Å². The molecule has 0 spiro atoms. The van der Waals surface area contributed by atoms with Crippen LogP contribution in [0.1, 0.15) is 24.1 Å². The smallest absolute Gasteiger partial charge is 0.101 e. The van der Waals surface area contributed by atoms with Crippen LogP contribution < -0.4 is 11.1 Å². The van der Waals surface area contributed by atoms with Gasteiger partial charge in [0.25, 0.3) is 0 Å². The Morgan fingerprint density at radius 3 is 2.68 bits per heavy atom. The molecule has 0 saturated heterocycles. The predicted octanol–water partition coefficient (Wildman–Crippen LogP) is 4.08. The molecule has 0 aliphatic heterocycles. The van der Waals surface area contributed by atoms with Gasteiger partial charge in [-0.05, 0) is 36.8 Å². The second-order valence-corrected chi connectivity index (χ2v) is 5.22. The molecule has 0 bridgehead atoms. The van der Waals surface area contributed by atoms with Gasteiger partial charge in [0, 0.05) is 10.5 Å². The van der Waals surface area contributed by atoms with Gasteiger partial charge in [0.2, 0.25) is 0 Å². The van der Waals surface area contributed by atoms with E-state index in [2.05, 4.69) is 40.3 Å². The van der Waals surface area contributed by atoms with Gasteiger partial charge in [-0.1, -0.05) is 34.1 Å². The van der Waals surface area contributed by atoms with E-state index in [4.69, 9.17) is 11.0 Å². The van der Waals surface area contributed by atoms with Crippen molar-refractivity contribution < 1.29 is 0 Å². The van der Waals surface area contributed by atoms with Crippen LogP contribution in [-0.4, -0.2) is 0 Å². The zero-order chi connectivity index (χ0) is 13.8. The molecule has 1 unspecified atom stereocenters. The van der Waals surface area contributed by atoms with Gasteiger partial charge >= 0.3 is 0 Å². The molecule has 3 nitrogen and oxygen atoms in total. The molecule has 0 aliphatic rings. The normalized spacial score (nSPS) is 11.6. The molecule has 0 amide bonds. The van der Waals surface area contributed by atoms with Crippen LogP contribution in [0.5, 0.6) is 0 Å². The van der Waals surface area contributed by atoms with Crippen molar-refractivity contribution in [1.82, 2.24) is 0 Å². The first kappa shape index (κ1) is 13.4. The lowest BCUT2D eigenvalue weighted by Crippen LogP contribution is -2.09. The van der Waals surface area contributed by atoms with Crippen LogP contribution in [-0.2, 0) is 0 Å². The summed E-state index contributed by atoms with van der Waals surface area (Å²) >= 11 is 3.46. The average molecular weight is 316 g/mol. The Morgan fingerprint density at radius 2 is 2.00 bits per heavy atom. The minimum Gasteiger partial charge on any atom is -0.396 e. The summed E-state index contributed by atoms with van der Waals surface area (Å²) in [7, 11) is 0. The van der Waals surface area contributed by atoms with Crippen molar-refractivity contribution in [2.75, 3.05) is 11.1 Å². The number of nitrogens with two attached hydrogens (primary N) is 1. The summed E-state index contributed by atoms with van der Waals surface area (Å²) in [5.74, 6) is 0. The Bertz CT molecular complexity index is 632. The third-order valence-corrected chi connectivity index (χ3v) is 3.44. The maximum atomic E-state index is 8.97. The van der Waals surface area contributed by atoms with E-state index in [0.717, 1.165) is 15.7 Å². The average Bonchev–Trinajstić information content (AvgIpc) is 2.41. The number of nitrogens with zero attached hydrogens (tertiary/aromatic N) is 1. The van der Waals surface area contributed by atoms with E-state index in [1.807, 2.05) is 30.3 Å². The van der Waals surface area contributed by atoms with Crippen molar-refractivity contribution in [3.63, 3.8) is 0 Å². The fourth-order valence-corrected chi connectivity index (χ4v) is 2.30. The van der Waals surface area contributed by atoms with Gasteiger partial charge in [-0.25, -0.2) is 0 Å². The van der Waals surface area contributed by atoms with E-state index < -0.39 is 0 Å². The SMILES string of the molecule is CC(Nc1cccc(C#N)c1N)c1cccc(Br)c1. The molecule has 3 N–H and O–H groups in total. The van der Waals surface area contributed by atoms with Crippen LogP contribution in [0.25, 0.3) is 0 Å². The van der Waals surface area contributed by atoms with Gasteiger partial charge < -0.3 is 11.1 Å². The van der Waals surface area contributed by atoms with E-state index in [-0.39, 0.29) is 6.04 Å². The Labute approximate surface area is 121 Å². The number of hydrogen-bond donors (Lipinski definition) is 2. The fourth-order valence-electron chi connectivity index (χ4n) is 1.88. The molecule has 0 radical (unpaired) electrons. The molecule has 2 rings (SSSR count). The topological polar surface area (TPSA) is 61.8 Å². The molecule has 2 aromatic rings. The highest BCUT2D eigenvalue weighted by Gasteiger charge is 2.09. The van der Waals surface area contributed by atoms with Crippen molar-refractivity contribution in [2.24, 2.45) is 0 Å². The lowest BCUT2D eigenvalue weighted by atomic mass is 10.1. The lowest BCUT2D eigenvalue weighted by molar-refractivity contribution is 0.884. The number of rotatable bonds is 3. The monoisotopic (exact) mass is 315 g/mol. The van der Waals surface area contributed by atoms with Gasteiger partial charge in [-0.15, -0.1) is 0 Å². The standard InChI is InChI=1S/C15H14BrN3/c1-10(11-4-2-6-13(16)8-11)19-14-7-3-5-12(9-17)15(14)18/h2-8,10,19H,18H2,1H3. The number of nitriles is 1. The van der Waals surface area contributed by atoms with Crippen LogP contribution in [0.2, 0.25) is 0 Å². The van der Waals surface area contributed by atoms with E-state index in [0.29, 0.717) is 11.3 Å². The van der Waals surface area contributed by atoms with Crippen molar-refractivity contribution >= 4 is 27.3 Å². The van der Waals surface area contributed by atoms with Crippen LogP contribution in [0.4, 0.5) is 11.4 Å². The molecule has 0 aliphatic carbocycles. The first-order valence-corrected chi connectivity index (χ1v) is 6.71. The maximum absolute atomic E-state index is 8.97. The Kier molecular flexibility index (Phi) is 4.08. The molecular formula is C15H14BrN3. The highest BCUT2D eigenvalue weighted by Crippen LogP contribution is 2.27. The van der Waals surface area contributed by atoms with Gasteiger partial charge in [-0.3, -0.25) is 0 Å². The van der Waals surface area contributed by atoms with E-state index in [9.17, 15) is 0 Å². The summed E-state index contributed by atoms with van der Waals surface area (Å²) in [6, 6.07) is 15.7. The van der Waals surface area contributed by atoms with Crippen molar-refractivity contribution in [3.8, 4) is 6.07 Å². The van der Waals surface area contributed by atoms with Crippen LogP contribution in [0.3, 0.4) is 0 Å². The predicted molar refractivity (Wildman–Crippen MR) is 81.7 cm³/mol. The summed E-state index contributed by atoms with van der Waals surface area (Å²) < 4.78 is 1.04. The van der Waals surface area contributed by atoms with Crippen molar-refractivity contribution in [1.29, 1.82) is 5.26 Å². The highest BCUT2D eigenvalue weighted by atomic mass is 79.9. The second kappa shape index (κ2) is 5.77. The molecule has 0 heterocycles. The summed E-state index contributed by atoms with van der Waals surface area (Å²) in [4.78, 5) is 0. The number of benzene rings is 2. The number of nitrogen functional groups attached to an aromatic ring is 1. The number of nitrogens with one attached hydrogen (secondary N) is 1. The summed E-state index contributed by atoms with van der Waals surface area (Å²) in [5.41, 5.74) is 8.87. The molecule has 1 atom stereocenters. The van der Waals surface area contributed by atoms with Crippen LogP contribution >= 0.6 is 15.9 Å². The molecule has 0 aromatic heterocycles. The molecule has 2 aromatic carbocycles. The Morgan fingerprint density at radius 1 is 1.26 bits per heavy atom. The number of para-hydroxylation sites is 1. The van der Waals surface area contributed by atoms with Crippen LogP contribution in [0, 0.1) is 11.3 Å². The second-order valence-electron chi connectivity index (χ2n) is 4.30. The number of anilines is 2. The zero-order valence-corrected chi connectivity index (χ0v) is 12.1. The first-order chi connectivity index (χ1) is 9.11. The molecular weight excluding hydrogens is 302 g/mol. The minimum absolute atomic E-state index is 0.105. The Hall–Kier alpha value is -1.99. The summed E-state index contributed by atoms with van der Waals surface area (Å²) in [6.07, 6.45) is 0. The fraction of sp³-hybridized carbons (Fsp3) is 0.133. The molecule has 0 saturated carbocycles. The number of halogens is 1. The summed E-state index contributed by atoms with van der Waals surface area (Å²) in [5, 5.41) is 12.3. The molecule has 4 heteroatoms. The largest absolute Gasteiger partial charge is 0.396 e. The molecule has 19 heavy (non-hydrogen) atoms. The number of hydrogen-bond acceptors (Lipinski definition) is 3. The maximum Gasteiger partial charge on any atom is 0.101 e. The lowest BCUT2D eigenvalue weighted by Gasteiger charge is -2.17. The Balaban J connectivity index is 2.25. The summed E-state index contributed by atoms with van der Waals surface area (Å²) in [6.45, 7) is 2.06. The quantitative estimate of drug-likeness (QED) is 0.839. The van der Waals surface area contributed by atoms with E-state index >= 15 is 0 Å². The van der Waals surface area contributed by atoms with Gasteiger partial charge in [0.05, 0.1) is 16.9 Å². The van der Waals surface area contributed by atoms with E-state index in [1.54, 1.807) is 6.07 Å². The highest BCUT2D eigenvalue weighted by molar-refractivity contribution is 9.10. The first-order valence-electron chi connectivity index (χ1n) is 5.92. The molecule has 0 fully saturated rings. The van der Waals surface area contributed by atoms with Gasteiger partial charge in [0.1, 0.15) is 6.07 Å². The van der Waals surface area contributed by atoms with Crippen molar-refractivity contribution in [3.05, 3.63) is 58.1 Å². The van der Waals surface area contributed by atoms with E-state index in [1.165, 1.54) is 0 Å². The zero-order valence-electron chi connectivity index (χ0n) is 10.5. The minimum atomic E-state index is 0.105. The van der Waals surface area contributed by atoms with Gasteiger partial charge in [-0.2, -0.15) is 5.26 Å². The van der Waals surface area contributed by atoms with Gasteiger partial charge in [0.15, 0.2) is 0 Å². The third kappa shape index (κ3) is 3.07. The van der Waals surface area contributed by atoms with Crippen molar-refractivity contribution in [2.45, 2.75) is 13.0 Å². The molecule has 96 valence electrons. The third-order valence-electron chi connectivity index (χ3n) is 2.95.